The van der Waals surface area contributed by atoms with Crippen molar-refractivity contribution in [2.75, 3.05) is 5.32 Å². The number of anilines is 1. The second-order valence-electron chi connectivity index (χ2n) is 5.67. The number of aryl methyl sites for hydroxylation is 1. The number of fused-ring (bicyclic) bond motifs is 1. The van der Waals surface area contributed by atoms with Gasteiger partial charge in [0, 0.05) is 16.4 Å². The van der Waals surface area contributed by atoms with E-state index in [1.807, 2.05) is 24.3 Å². The predicted octanol–water partition coefficient (Wildman–Crippen LogP) is 4.41. The van der Waals surface area contributed by atoms with Crippen molar-refractivity contribution < 1.29 is 0 Å². The van der Waals surface area contributed by atoms with Crippen molar-refractivity contribution in [3.05, 3.63) is 45.4 Å². The number of hydrogen-bond acceptors (Lipinski definition) is 3. The zero-order valence-corrected chi connectivity index (χ0v) is 14.7. The second-order valence-corrected chi connectivity index (χ2v) is 7.60. The molecule has 0 aliphatic heterocycles. The van der Waals surface area contributed by atoms with Crippen molar-refractivity contribution in [2.24, 2.45) is 5.92 Å². The molecule has 1 heterocycles. The summed E-state index contributed by atoms with van der Waals surface area (Å²) in [4.78, 5) is 6.06. The van der Waals surface area contributed by atoms with E-state index in [-0.39, 0.29) is 0 Å². The van der Waals surface area contributed by atoms with Crippen molar-refractivity contribution in [2.45, 2.75) is 32.7 Å². The first-order valence-electron chi connectivity index (χ1n) is 7.38. The van der Waals surface area contributed by atoms with Crippen molar-refractivity contribution >= 4 is 45.4 Å². The van der Waals surface area contributed by atoms with Crippen LogP contribution in [0.1, 0.15) is 29.5 Å². The van der Waals surface area contributed by atoms with Gasteiger partial charge in [-0.25, -0.2) is 4.98 Å². The van der Waals surface area contributed by atoms with Gasteiger partial charge < -0.3 is 10.6 Å². The number of nitrogens with one attached hydrogen (secondary N) is 2. The number of rotatable bonds is 3. The molecular weight excluding hydrogens is 334 g/mol. The van der Waals surface area contributed by atoms with Gasteiger partial charge in [-0.05, 0) is 55.1 Å². The Balaban J connectivity index is 1.54. The SMILES string of the molecule is C[C@@H]1CCc2nc(NC(=S)NCc3ccc(Cl)cc3)sc2C1. The van der Waals surface area contributed by atoms with Gasteiger partial charge in [-0.15, -0.1) is 11.3 Å². The van der Waals surface area contributed by atoms with Crippen LogP contribution in [0.25, 0.3) is 0 Å². The highest BCUT2D eigenvalue weighted by Crippen LogP contribution is 2.31. The largest absolute Gasteiger partial charge is 0.358 e. The van der Waals surface area contributed by atoms with E-state index < -0.39 is 0 Å². The third kappa shape index (κ3) is 3.97. The van der Waals surface area contributed by atoms with Gasteiger partial charge in [0.2, 0.25) is 0 Å². The molecule has 0 bridgehead atoms. The fraction of sp³-hybridized carbons (Fsp3) is 0.375. The number of hydrogen-bond donors (Lipinski definition) is 2. The third-order valence-corrected chi connectivity index (χ3v) is 5.31. The summed E-state index contributed by atoms with van der Waals surface area (Å²) < 4.78 is 0. The summed E-state index contributed by atoms with van der Waals surface area (Å²) in [7, 11) is 0. The van der Waals surface area contributed by atoms with Gasteiger partial charge in [-0.2, -0.15) is 0 Å². The van der Waals surface area contributed by atoms with Crippen LogP contribution in [0.4, 0.5) is 5.13 Å². The van der Waals surface area contributed by atoms with E-state index in [1.165, 1.54) is 17.0 Å². The van der Waals surface area contributed by atoms with Crippen LogP contribution in [0.2, 0.25) is 5.02 Å². The molecule has 1 atom stereocenters. The van der Waals surface area contributed by atoms with Crippen molar-refractivity contribution in [1.82, 2.24) is 10.3 Å². The van der Waals surface area contributed by atoms with Gasteiger partial charge in [-0.3, -0.25) is 0 Å². The average molecular weight is 352 g/mol. The molecule has 116 valence electrons. The Bertz CT molecular complexity index is 667. The maximum atomic E-state index is 5.88. The summed E-state index contributed by atoms with van der Waals surface area (Å²) in [6.45, 7) is 2.97. The Hall–Kier alpha value is -1.17. The standard InChI is InChI=1S/C16H18ClN3S2/c1-10-2-7-13-14(8-10)22-16(19-13)20-15(21)18-9-11-3-5-12(17)6-4-11/h3-6,10H,2,7-9H2,1H3,(H2,18,19,20,21)/t10-/m1/s1. The number of thiocarbonyl (C=S) groups is 1. The van der Waals surface area contributed by atoms with Crippen molar-refractivity contribution in [3.63, 3.8) is 0 Å². The fourth-order valence-electron chi connectivity index (χ4n) is 2.52. The Morgan fingerprint density at radius 3 is 2.95 bits per heavy atom. The molecule has 0 radical (unpaired) electrons. The molecule has 0 saturated heterocycles. The molecule has 1 aliphatic carbocycles. The molecule has 1 aromatic heterocycles. The molecular formula is C16H18ClN3S2. The van der Waals surface area contributed by atoms with Gasteiger partial charge >= 0.3 is 0 Å². The van der Waals surface area contributed by atoms with Gasteiger partial charge in [0.1, 0.15) is 0 Å². The van der Waals surface area contributed by atoms with Crippen LogP contribution < -0.4 is 10.6 Å². The normalized spacial score (nSPS) is 16.9. The van der Waals surface area contributed by atoms with Gasteiger partial charge in [0.15, 0.2) is 10.2 Å². The summed E-state index contributed by atoms with van der Waals surface area (Å²) in [6, 6.07) is 7.74. The van der Waals surface area contributed by atoms with Crippen molar-refractivity contribution in [1.29, 1.82) is 0 Å². The summed E-state index contributed by atoms with van der Waals surface area (Å²) in [6.07, 6.45) is 3.45. The lowest BCUT2D eigenvalue weighted by Crippen LogP contribution is -2.27. The van der Waals surface area contributed by atoms with E-state index in [0.717, 1.165) is 34.5 Å². The number of benzene rings is 1. The van der Waals surface area contributed by atoms with Gasteiger partial charge in [-0.1, -0.05) is 30.7 Å². The fourth-order valence-corrected chi connectivity index (χ4v) is 4.05. The molecule has 0 fully saturated rings. The molecule has 2 aromatic rings. The zero-order valence-electron chi connectivity index (χ0n) is 12.4. The summed E-state index contributed by atoms with van der Waals surface area (Å²) >= 11 is 12.9. The minimum atomic E-state index is 0.606. The summed E-state index contributed by atoms with van der Waals surface area (Å²) in [5.74, 6) is 0.760. The Kier molecular flexibility index (Phi) is 4.96. The van der Waals surface area contributed by atoms with Gasteiger partial charge in [0.25, 0.3) is 0 Å². The molecule has 22 heavy (non-hydrogen) atoms. The molecule has 0 unspecified atom stereocenters. The molecule has 1 aliphatic rings. The average Bonchev–Trinajstić information content (AvgIpc) is 2.88. The molecule has 1 aromatic carbocycles. The summed E-state index contributed by atoms with van der Waals surface area (Å²) in [5.41, 5.74) is 2.38. The van der Waals surface area contributed by atoms with E-state index in [9.17, 15) is 0 Å². The monoisotopic (exact) mass is 351 g/mol. The number of nitrogens with zero attached hydrogens (tertiary/aromatic N) is 1. The maximum absolute atomic E-state index is 5.88. The number of thiazole rings is 1. The lowest BCUT2D eigenvalue weighted by Gasteiger charge is -2.15. The van der Waals surface area contributed by atoms with Crippen LogP contribution in [0, 0.1) is 5.92 Å². The van der Waals surface area contributed by atoms with Crippen LogP contribution in [0.3, 0.4) is 0 Å². The first-order chi connectivity index (χ1) is 10.6. The second kappa shape index (κ2) is 6.94. The first kappa shape index (κ1) is 15.7. The highest BCUT2D eigenvalue weighted by Gasteiger charge is 2.19. The highest BCUT2D eigenvalue weighted by atomic mass is 35.5. The predicted molar refractivity (Wildman–Crippen MR) is 97.8 cm³/mol. The van der Waals surface area contributed by atoms with Crippen LogP contribution in [-0.2, 0) is 19.4 Å². The molecule has 6 heteroatoms. The molecule has 0 spiro atoms. The topological polar surface area (TPSA) is 37.0 Å². The van der Waals surface area contributed by atoms with Crippen LogP contribution in [0.5, 0.6) is 0 Å². The van der Waals surface area contributed by atoms with Crippen LogP contribution in [0.15, 0.2) is 24.3 Å². The van der Waals surface area contributed by atoms with E-state index in [4.69, 9.17) is 23.8 Å². The Morgan fingerprint density at radius 2 is 2.18 bits per heavy atom. The minimum Gasteiger partial charge on any atom is -0.358 e. The molecule has 3 rings (SSSR count). The zero-order chi connectivity index (χ0) is 15.5. The first-order valence-corrected chi connectivity index (χ1v) is 8.98. The van der Waals surface area contributed by atoms with E-state index in [0.29, 0.717) is 11.7 Å². The quantitative estimate of drug-likeness (QED) is 0.803. The van der Waals surface area contributed by atoms with E-state index in [2.05, 4.69) is 22.5 Å². The van der Waals surface area contributed by atoms with Crippen molar-refractivity contribution in [3.8, 4) is 0 Å². The minimum absolute atomic E-state index is 0.606. The molecule has 2 N–H and O–H groups in total. The molecule has 0 amide bonds. The molecule has 3 nitrogen and oxygen atoms in total. The smallest absolute Gasteiger partial charge is 0.189 e. The third-order valence-electron chi connectivity index (χ3n) is 3.77. The van der Waals surface area contributed by atoms with Crippen LogP contribution in [-0.4, -0.2) is 10.1 Å². The lowest BCUT2D eigenvalue weighted by atomic mass is 9.93. The highest BCUT2D eigenvalue weighted by molar-refractivity contribution is 7.80. The van der Waals surface area contributed by atoms with Crippen LogP contribution >= 0.6 is 35.2 Å². The number of halogens is 1. The summed E-state index contributed by atoms with van der Waals surface area (Å²) in [5, 5.41) is 8.64. The molecule has 0 saturated carbocycles. The van der Waals surface area contributed by atoms with E-state index >= 15 is 0 Å². The Labute approximate surface area is 145 Å². The Morgan fingerprint density at radius 1 is 1.41 bits per heavy atom. The maximum Gasteiger partial charge on any atom is 0.189 e. The lowest BCUT2D eigenvalue weighted by molar-refractivity contribution is 0.502. The van der Waals surface area contributed by atoms with E-state index in [1.54, 1.807) is 11.3 Å². The van der Waals surface area contributed by atoms with Gasteiger partial charge in [0.05, 0.1) is 5.69 Å². The number of aromatic nitrogens is 1.